The van der Waals surface area contributed by atoms with E-state index in [9.17, 15) is 23.4 Å². The third-order valence-corrected chi connectivity index (χ3v) is 10.9. The van der Waals surface area contributed by atoms with Crippen LogP contribution in [0.4, 0.5) is 13.2 Å². The maximum absolute atomic E-state index is 13.4. The van der Waals surface area contributed by atoms with Crippen molar-refractivity contribution in [2.75, 3.05) is 0 Å². The van der Waals surface area contributed by atoms with Crippen LogP contribution < -0.4 is 0 Å². The van der Waals surface area contributed by atoms with Crippen LogP contribution in [0, 0.1) is 52.8 Å². The molecule has 172 valence electrons. The summed E-state index contributed by atoms with van der Waals surface area (Å²) in [7, 11) is 0. The molecular weight excluding hydrogens is 389 g/mol. The number of aliphatic hydroxyl groups is 2. The van der Waals surface area contributed by atoms with Gasteiger partial charge in [0.05, 0.1) is 6.10 Å². The third-order valence-electron chi connectivity index (χ3n) is 10.9. The molecule has 2 nitrogen and oxygen atoms in total. The second-order valence-electron chi connectivity index (χ2n) is 12.1. The second-order valence-corrected chi connectivity index (χ2v) is 12.1. The Morgan fingerprint density at radius 3 is 2.23 bits per heavy atom. The summed E-state index contributed by atoms with van der Waals surface area (Å²) in [4.78, 5) is 0. The minimum Gasteiger partial charge on any atom is -0.393 e. The van der Waals surface area contributed by atoms with E-state index in [1.165, 1.54) is 25.7 Å². The molecule has 30 heavy (non-hydrogen) atoms. The number of aliphatic hydroxyl groups excluding tert-OH is 1. The second kappa shape index (κ2) is 7.10. The highest BCUT2D eigenvalue weighted by Gasteiger charge is 2.62. The molecule has 5 heteroatoms. The molecular formula is C25H39F3O2. The Bertz CT molecular complexity index is 661. The van der Waals surface area contributed by atoms with E-state index in [0.717, 1.165) is 25.7 Å². The highest BCUT2D eigenvalue weighted by atomic mass is 19.4. The summed E-state index contributed by atoms with van der Waals surface area (Å²) in [6, 6.07) is 0. The van der Waals surface area contributed by atoms with Crippen molar-refractivity contribution in [2.24, 2.45) is 52.8 Å². The van der Waals surface area contributed by atoms with E-state index >= 15 is 0 Å². The van der Waals surface area contributed by atoms with Crippen LogP contribution in [0.3, 0.4) is 0 Å². The number of rotatable bonds is 3. The van der Waals surface area contributed by atoms with Gasteiger partial charge in [-0.25, -0.2) is 0 Å². The van der Waals surface area contributed by atoms with Crippen LogP contribution in [-0.4, -0.2) is 28.1 Å². The fraction of sp³-hybridized carbons (Fsp3) is 1.00. The number of alkyl halides is 3. The van der Waals surface area contributed by atoms with E-state index in [2.05, 4.69) is 13.8 Å². The minimum atomic E-state index is -4.50. The molecule has 0 radical (unpaired) electrons. The first-order valence-corrected chi connectivity index (χ1v) is 12.5. The van der Waals surface area contributed by atoms with Gasteiger partial charge < -0.3 is 10.2 Å². The van der Waals surface area contributed by atoms with Crippen molar-refractivity contribution < 1.29 is 23.4 Å². The van der Waals surface area contributed by atoms with Crippen LogP contribution in [0.15, 0.2) is 0 Å². The average Bonchev–Trinajstić information content (AvgIpc) is 3.47. The number of hydrogen-bond donors (Lipinski definition) is 2. The van der Waals surface area contributed by atoms with Gasteiger partial charge in [0.25, 0.3) is 0 Å². The summed E-state index contributed by atoms with van der Waals surface area (Å²) < 4.78 is 40.3. The van der Waals surface area contributed by atoms with Gasteiger partial charge in [0, 0.05) is 0 Å². The molecule has 0 heterocycles. The minimum absolute atomic E-state index is 0.0313. The Balaban J connectivity index is 1.31. The SMILES string of the molecule is C[C@H]([C@H](O)C1CC1)[C@H]1CC[C@H]2[C@@H]3CC[C@@H]4C[C@@](O)(C(F)(F)F)CC[C@@H]4[C@H]3CC[C@]12C. The van der Waals surface area contributed by atoms with E-state index in [1.807, 2.05) is 0 Å². The van der Waals surface area contributed by atoms with E-state index in [1.54, 1.807) is 0 Å². The molecule has 5 fully saturated rings. The summed E-state index contributed by atoms with van der Waals surface area (Å²) in [5, 5.41) is 21.1. The highest BCUT2D eigenvalue weighted by molar-refractivity contribution is 5.09. The first-order chi connectivity index (χ1) is 14.1. The van der Waals surface area contributed by atoms with E-state index in [0.29, 0.717) is 47.8 Å². The molecule has 0 saturated heterocycles. The molecule has 0 unspecified atom stereocenters. The first kappa shape index (κ1) is 21.6. The lowest BCUT2D eigenvalue weighted by atomic mass is 9.48. The third kappa shape index (κ3) is 3.19. The van der Waals surface area contributed by atoms with Crippen molar-refractivity contribution >= 4 is 0 Å². The van der Waals surface area contributed by atoms with Crippen molar-refractivity contribution in [3.63, 3.8) is 0 Å². The fourth-order valence-corrected chi connectivity index (χ4v) is 9.15. The van der Waals surface area contributed by atoms with Crippen LogP contribution >= 0.6 is 0 Å². The van der Waals surface area contributed by atoms with Gasteiger partial charge in [-0.1, -0.05) is 13.8 Å². The standard InChI is InChI=1S/C25H39F3O2/c1-14(22(29)15-3-4-15)20-7-8-21-19-6-5-16-13-24(30,25(26,27)28)12-10-17(16)18(19)9-11-23(20,21)2/h14-22,29-30H,3-13H2,1-2H3/t14-,16+,17-,18+,19+,20+,21-,22-,23+,24+/m0/s1. The topological polar surface area (TPSA) is 40.5 Å². The van der Waals surface area contributed by atoms with Crippen LogP contribution in [0.2, 0.25) is 0 Å². The lowest BCUT2D eigenvalue weighted by molar-refractivity contribution is -0.282. The molecule has 0 aromatic heterocycles. The first-order valence-electron chi connectivity index (χ1n) is 12.5. The van der Waals surface area contributed by atoms with Crippen LogP contribution in [0.5, 0.6) is 0 Å². The number of fused-ring (bicyclic) bond motifs is 5. The quantitative estimate of drug-likeness (QED) is 0.583. The Morgan fingerprint density at radius 2 is 1.57 bits per heavy atom. The molecule has 0 aliphatic heterocycles. The Kier molecular flexibility index (Phi) is 5.10. The Morgan fingerprint density at radius 1 is 0.867 bits per heavy atom. The fourth-order valence-electron chi connectivity index (χ4n) is 9.15. The van der Waals surface area contributed by atoms with Gasteiger partial charge in [-0.3, -0.25) is 0 Å². The molecule has 5 saturated carbocycles. The van der Waals surface area contributed by atoms with Crippen molar-refractivity contribution in [1.29, 1.82) is 0 Å². The van der Waals surface area contributed by atoms with Gasteiger partial charge in [0.1, 0.15) is 0 Å². The summed E-state index contributed by atoms with van der Waals surface area (Å²) in [5.41, 5.74) is -2.18. The predicted molar refractivity (Wildman–Crippen MR) is 109 cm³/mol. The number of hydrogen-bond acceptors (Lipinski definition) is 2. The molecule has 5 aliphatic carbocycles. The maximum Gasteiger partial charge on any atom is 0.417 e. The zero-order chi connectivity index (χ0) is 21.5. The monoisotopic (exact) mass is 428 g/mol. The lowest BCUT2D eigenvalue weighted by Gasteiger charge is -2.57. The Hall–Kier alpha value is -0.290. The molecule has 0 aromatic carbocycles. The van der Waals surface area contributed by atoms with Crippen molar-refractivity contribution in [3.05, 3.63) is 0 Å². The maximum atomic E-state index is 13.4. The van der Waals surface area contributed by atoms with Crippen molar-refractivity contribution in [3.8, 4) is 0 Å². The molecule has 0 bridgehead atoms. The summed E-state index contributed by atoms with van der Waals surface area (Å²) in [5.74, 6) is 3.70. The predicted octanol–water partition coefficient (Wildman–Crippen LogP) is 5.96. The largest absolute Gasteiger partial charge is 0.417 e. The van der Waals surface area contributed by atoms with Crippen LogP contribution in [-0.2, 0) is 0 Å². The zero-order valence-corrected chi connectivity index (χ0v) is 18.5. The molecule has 5 rings (SSSR count). The summed E-state index contributed by atoms with van der Waals surface area (Å²) in [6.07, 6.45) is 4.64. The van der Waals surface area contributed by atoms with Crippen LogP contribution in [0.1, 0.15) is 84.5 Å². The molecule has 0 spiro atoms. The normalized spacial score (nSPS) is 50.9. The summed E-state index contributed by atoms with van der Waals surface area (Å²) >= 11 is 0. The smallest absolute Gasteiger partial charge is 0.393 e. The van der Waals surface area contributed by atoms with Gasteiger partial charge in [-0.15, -0.1) is 0 Å². The van der Waals surface area contributed by atoms with E-state index in [-0.39, 0.29) is 30.3 Å². The average molecular weight is 429 g/mol. The number of halogens is 3. The van der Waals surface area contributed by atoms with Gasteiger partial charge in [-0.2, -0.15) is 13.2 Å². The van der Waals surface area contributed by atoms with E-state index < -0.39 is 11.8 Å². The van der Waals surface area contributed by atoms with Crippen molar-refractivity contribution in [1.82, 2.24) is 0 Å². The zero-order valence-electron chi connectivity index (χ0n) is 18.5. The summed E-state index contributed by atoms with van der Waals surface area (Å²) in [6.45, 7) is 4.74. The Labute approximate surface area is 179 Å². The van der Waals surface area contributed by atoms with Gasteiger partial charge in [0.2, 0.25) is 0 Å². The van der Waals surface area contributed by atoms with Crippen molar-refractivity contribution in [2.45, 2.75) is 102 Å². The van der Waals surface area contributed by atoms with Crippen LogP contribution in [0.25, 0.3) is 0 Å². The van der Waals surface area contributed by atoms with Gasteiger partial charge in [-0.05, 0) is 123 Å². The van der Waals surface area contributed by atoms with E-state index in [4.69, 9.17) is 0 Å². The highest BCUT2D eigenvalue weighted by Crippen LogP contribution is 2.66. The molecule has 10 atom stereocenters. The lowest BCUT2D eigenvalue weighted by Crippen LogP contribution is -2.55. The van der Waals surface area contributed by atoms with Gasteiger partial charge >= 0.3 is 6.18 Å². The molecule has 2 N–H and O–H groups in total. The van der Waals surface area contributed by atoms with Gasteiger partial charge in [0.15, 0.2) is 5.60 Å². The molecule has 0 amide bonds. The molecule has 5 aliphatic rings. The molecule has 0 aromatic rings.